The summed E-state index contributed by atoms with van der Waals surface area (Å²) in [7, 11) is 0. The van der Waals surface area contributed by atoms with Crippen LogP contribution in [0.25, 0.3) is 11.4 Å². The fraction of sp³-hybridized carbons (Fsp3) is 0.263. The van der Waals surface area contributed by atoms with Crippen molar-refractivity contribution in [2.24, 2.45) is 0 Å². The van der Waals surface area contributed by atoms with Gasteiger partial charge in [-0.15, -0.1) is 0 Å². The molecule has 0 aromatic carbocycles. The Labute approximate surface area is 163 Å². The summed E-state index contributed by atoms with van der Waals surface area (Å²) in [5.74, 6) is -2.38. The highest BCUT2D eigenvalue weighted by Gasteiger charge is 2.26. The molecule has 4 heterocycles. The van der Waals surface area contributed by atoms with Crippen molar-refractivity contribution in [1.82, 2.24) is 29.8 Å². The van der Waals surface area contributed by atoms with Gasteiger partial charge in [0.15, 0.2) is 11.5 Å². The smallest absolute Gasteiger partial charge is 0.273 e. The Morgan fingerprint density at radius 1 is 1.17 bits per heavy atom. The van der Waals surface area contributed by atoms with Crippen molar-refractivity contribution in [3.05, 3.63) is 70.4 Å². The van der Waals surface area contributed by atoms with Crippen molar-refractivity contribution in [3.8, 4) is 11.4 Å². The average molecular weight is 398 g/mol. The van der Waals surface area contributed by atoms with Crippen LogP contribution in [0.3, 0.4) is 0 Å². The van der Waals surface area contributed by atoms with Crippen LogP contribution in [0.5, 0.6) is 0 Å². The van der Waals surface area contributed by atoms with Crippen LogP contribution in [0.2, 0.25) is 0 Å². The largest absolute Gasteiger partial charge is 0.341 e. The first kappa shape index (κ1) is 18.8. The van der Waals surface area contributed by atoms with Crippen LogP contribution in [0.1, 0.15) is 41.6 Å². The van der Waals surface area contributed by atoms with Gasteiger partial charge in [-0.25, -0.2) is 28.7 Å². The number of pyridine rings is 1. The third-order valence-corrected chi connectivity index (χ3v) is 4.65. The van der Waals surface area contributed by atoms with E-state index >= 15 is 0 Å². The molecule has 1 amide bonds. The molecule has 1 atom stereocenters. The second kappa shape index (κ2) is 7.82. The van der Waals surface area contributed by atoms with Crippen LogP contribution < -0.4 is 10.9 Å². The predicted molar refractivity (Wildman–Crippen MR) is 97.7 cm³/mol. The van der Waals surface area contributed by atoms with Gasteiger partial charge in [0, 0.05) is 24.9 Å². The number of fused-ring (bicyclic) bond motifs is 1. The van der Waals surface area contributed by atoms with E-state index in [1.165, 1.54) is 23.2 Å². The quantitative estimate of drug-likeness (QED) is 0.724. The van der Waals surface area contributed by atoms with Gasteiger partial charge in [0.25, 0.3) is 11.5 Å². The third kappa shape index (κ3) is 3.86. The first-order valence-electron chi connectivity index (χ1n) is 9.03. The second-order valence-corrected chi connectivity index (χ2v) is 6.59. The van der Waals surface area contributed by atoms with Crippen molar-refractivity contribution in [3.63, 3.8) is 0 Å². The Morgan fingerprint density at radius 3 is 2.79 bits per heavy atom. The number of carbonyl (C=O) groups is 1. The van der Waals surface area contributed by atoms with Crippen molar-refractivity contribution in [2.75, 3.05) is 0 Å². The molecular formula is C19H16F2N6O2. The van der Waals surface area contributed by atoms with Crippen LogP contribution >= 0.6 is 0 Å². The molecule has 1 aliphatic rings. The molecule has 4 rings (SSSR count). The number of carbonyl (C=O) groups excluding carboxylic acids is 1. The molecule has 0 saturated heterocycles. The Balaban J connectivity index is 1.72. The van der Waals surface area contributed by atoms with E-state index < -0.39 is 29.3 Å². The number of hydrogen-bond acceptors (Lipinski definition) is 6. The van der Waals surface area contributed by atoms with Crippen LogP contribution in [0.4, 0.5) is 8.78 Å². The predicted octanol–water partition coefficient (Wildman–Crippen LogP) is 2.03. The SMILES string of the molecule is O=C(NC1CCCCn2c1nc(-c1ccncn1)cc2=O)c1ncc(F)cc1F. The maximum atomic E-state index is 13.9. The Bertz CT molecular complexity index is 1120. The van der Waals surface area contributed by atoms with Gasteiger partial charge >= 0.3 is 0 Å². The first-order chi connectivity index (χ1) is 14.0. The summed E-state index contributed by atoms with van der Waals surface area (Å²) < 4.78 is 28.5. The van der Waals surface area contributed by atoms with Gasteiger partial charge in [0.2, 0.25) is 0 Å². The number of nitrogens with zero attached hydrogens (tertiary/aromatic N) is 5. The van der Waals surface area contributed by atoms with Gasteiger partial charge in [-0.3, -0.25) is 14.2 Å². The van der Waals surface area contributed by atoms with Crippen LogP contribution in [0.15, 0.2) is 41.7 Å². The van der Waals surface area contributed by atoms with Gasteiger partial charge in [0.1, 0.15) is 18.0 Å². The highest BCUT2D eigenvalue weighted by molar-refractivity contribution is 5.92. The molecule has 1 unspecified atom stereocenters. The average Bonchev–Trinajstić information content (AvgIpc) is 2.91. The molecule has 1 N–H and O–H groups in total. The summed E-state index contributed by atoms with van der Waals surface area (Å²) >= 11 is 0. The molecule has 0 spiro atoms. The molecule has 0 bridgehead atoms. The van der Waals surface area contributed by atoms with E-state index in [4.69, 9.17) is 0 Å². The fourth-order valence-corrected chi connectivity index (χ4v) is 3.28. The summed E-state index contributed by atoms with van der Waals surface area (Å²) in [5, 5.41) is 2.68. The summed E-state index contributed by atoms with van der Waals surface area (Å²) in [4.78, 5) is 41.2. The van der Waals surface area contributed by atoms with Crippen molar-refractivity contribution < 1.29 is 13.6 Å². The van der Waals surface area contributed by atoms with Gasteiger partial charge in [0.05, 0.1) is 23.6 Å². The third-order valence-electron chi connectivity index (χ3n) is 4.65. The number of rotatable bonds is 3. The second-order valence-electron chi connectivity index (χ2n) is 6.59. The number of amides is 1. The van der Waals surface area contributed by atoms with Crippen molar-refractivity contribution in [2.45, 2.75) is 31.8 Å². The Hall–Kier alpha value is -3.56. The van der Waals surface area contributed by atoms with E-state index in [1.807, 2.05) is 0 Å². The van der Waals surface area contributed by atoms with Crippen molar-refractivity contribution >= 4 is 5.91 Å². The summed E-state index contributed by atoms with van der Waals surface area (Å²) in [5.41, 5.74) is 0.0457. The molecular weight excluding hydrogens is 382 g/mol. The fourth-order valence-electron chi connectivity index (χ4n) is 3.28. The Morgan fingerprint density at radius 2 is 2.03 bits per heavy atom. The minimum absolute atomic E-state index is 0.268. The molecule has 148 valence electrons. The monoisotopic (exact) mass is 398 g/mol. The normalized spacial score (nSPS) is 16.0. The van der Waals surface area contributed by atoms with E-state index in [0.717, 1.165) is 19.0 Å². The zero-order chi connectivity index (χ0) is 20.4. The molecule has 0 radical (unpaired) electrons. The van der Waals surface area contributed by atoms with Gasteiger partial charge in [-0.1, -0.05) is 0 Å². The molecule has 29 heavy (non-hydrogen) atoms. The zero-order valence-corrected chi connectivity index (χ0v) is 15.2. The standard InChI is InChI=1S/C19H16F2N6O2/c20-11-7-12(21)17(23-9-11)19(29)26-14-3-1-2-6-27-16(28)8-15(25-18(14)27)13-4-5-22-10-24-13/h4-5,7-10,14H,1-3,6H2,(H,26,29). The maximum absolute atomic E-state index is 13.9. The lowest BCUT2D eigenvalue weighted by Gasteiger charge is -2.19. The van der Waals surface area contributed by atoms with E-state index in [9.17, 15) is 18.4 Å². The van der Waals surface area contributed by atoms with Gasteiger partial charge < -0.3 is 5.32 Å². The summed E-state index contributed by atoms with van der Waals surface area (Å²) in [6, 6.07) is 2.97. The molecule has 1 aliphatic heterocycles. The first-order valence-corrected chi connectivity index (χ1v) is 9.03. The van der Waals surface area contributed by atoms with Crippen molar-refractivity contribution in [1.29, 1.82) is 0 Å². The van der Waals surface area contributed by atoms with E-state index in [2.05, 4.69) is 25.3 Å². The molecule has 3 aromatic heterocycles. The topological polar surface area (TPSA) is 103 Å². The highest BCUT2D eigenvalue weighted by atomic mass is 19.1. The van der Waals surface area contributed by atoms with Crippen LogP contribution in [-0.4, -0.2) is 30.4 Å². The van der Waals surface area contributed by atoms with E-state index in [1.54, 1.807) is 6.07 Å². The number of hydrogen-bond donors (Lipinski definition) is 1. The molecule has 0 fully saturated rings. The molecule has 10 heteroatoms. The number of nitrogens with one attached hydrogen (secondary N) is 1. The van der Waals surface area contributed by atoms with Gasteiger partial charge in [-0.2, -0.15) is 0 Å². The van der Waals surface area contributed by atoms with Gasteiger partial charge in [-0.05, 0) is 25.3 Å². The minimum Gasteiger partial charge on any atom is -0.341 e. The maximum Gasteiger partial charge on any atom is 0.273 e. The molecule has 0 aliphatic carbocycles. The van der Waals surface area contributed by atoms with Crippen LogP contribution in [-0.2, 0) is 6.54 Å². The lowest BCUT2D eigenvalue weighted by Crippen LogP contribution is -2.34. The lowest BCUT2D eigenvalue weighted by molar-refractivity contribution is 0.0922. The lowest BCUT2D eigenvalue weighted by atomic mass is 10.1. The van der Waals surface area contributed by atoms with Crippen LogP contribution in [0, 0.1) is 11.6 Å². The summed E-state index contributed by atoms with van der Waals surface area (Å²) in [6.07, 6.45) is 5.63. The zero-order valence-electron chi connectivity index (χ0n) is 15.2. The molecule has 0 saturated carbocycles. The number of halogens is 2. The Kier molecular flexibility index (Phi) is 5.07. The minimum atomic E-state index is -1.06. The highest BCUT2D eigenvalue weighted by Crippen LogP contribution is 2.24. The summed E-state index contributed by atoms with van der Waals surface area (Å²) in [6.45, 7) is 0.459. The number of aromatic nitrogens is 5. The molecule has 3 aromatic rings. The molecule has 8 nitrogen and oxygen atoms in total. The van der Waals surface area contributed by atoms with E-state index in [0.29, 0.717) is 36.2 Å². The van der Waals surface area contributed by atoms with E-state index in [-0.39, 0.29) is 5.56 Å².